The average molecular weight is 286 g/mol. The molecule has 0 fully saturated rings. The lowest BCUT2D eigenvalue weighted by Crippen LogP contribution is -2.26. The summed E-state index contributed by atoms with van der Waals surface area (Å²) in [6, 6.07) is 0. The Morgan fingerprint density at radius 2 is 2.16 bits per heavy atom. The second-order valence-corrected chi connectivity index (χ2v) is 4.61. The van der Waals surface area contributed by atoms with Crippen molar-refractivity contribution < 1.29 is 19.5 Å². The van der Waals surface area contributed by atoms with E-state index in [1.807, 2.05) is 0 Å². The second kappa shape index (κ2) is 7.44. The normalized spacial score (nSPS) is 9.95. The molecule has 8 nitrogen and oxygen atoms in total. The lowest BCUT2D eigenvalue weighted by Gasteiger charge is -2.02. The van der Waals surface area contributed by atoms with Crippen LogP contribution in [-0.4, -0.2) is 41.5 Å². The van der Waals surface area contributed by atoms with Gasteiger partial charge >= 0.3 is 5.97 Å². The summed E-state index contributed by atoms with van der Waals surface area (Å²) in [6.07, 6.45) is 0.589. The first-order valence-corrected chi connectivity index (χ1v) is 6.24. The van der Waals surface area contributed by atoms with Crippen LogP contribution in [0.3, 0.4) is 0 Å². The number of carbonyl (C=O) groups is 3. The summed E-state index contributed by atoms with van der Waals surface area (Å²) in [6.45, 7) is 2.58. The third-order valence-electron chi connectivity index (χ3n) is 2.00. The van der Waals surface area contributed by atoms with Gasteiger partial charge in [0.2, 0.25) is 12.3 Å². The number of carboxylic acids is 1. The number of anilines is 1. The summed E-state index contributed by atoms with van der Waals surface area (Å²) in [5.41, 5.74) is -0.0791. The Balaban J connectivity index is 2.63. The van der Waals surface area contributed by atoms with Gasteiger partial charge in [-0.05, 0) is 0 Å². The van der Waals surface area contributed by atoms with E-state index in [4.69, 9.17) is 5.11 Å². The number of rotatable bonds is 8. The van der Waals surface area contributed by atoms with E-state index in [-0.39, 0.29) is 16.7 Å². The first kappa shape index (κ1) is 15.1. The topological polar surface area (TPSA) is 120 Å². The molecule has 0 atom stereocenters. The Morgan fingerprint density at radius 3 is 2.74 bits per heavy atom. The predicted molar refractivity (Wildman–Crippen MR) is 69.2 cm³/mol. The van der Waals surface area contributed by atoms with E-state index in [0.717, 1.165) is 11.3 Å². The number of amides is 2. The summed E-state index contributed by atoms with van der Waals surface area (Å²) in [7, 11) is 0. The first-order chi connectivity index (χ1) is 9.04. The Labute approximate surface area is 113 Å². The van der Waals surface area contributed by atoms with Crippen molar-refractivity contribution in [1.29, 1.82) is 0 Å². The molecule has 0 bridgehead atoms. The molecule has 2 amide bonds. The van der Waals surface area contributed by atoms with Gasteiger partial charge < -0.3 is 21.1 Å². The number of carbonyl (C=O) groups excluding carboxylic acids is 2. The Kier molecular flexibility index (Phi) is 5.90. The van der Waals surface area contributed by atoms with Crippen LogP contribution in [0.1, 0.15) is 22.3 Å². The summed E-state index contributed by atoms with van der Waals surface area (Å²) in [5.74, 6) is -1.45. The van der Waals surface area contributed by atoms with Crippen LogP contribution in [0.5, 0.6) is 0 Å². The molecule has 0 saturated heterocycles. The first-order valence-electron chi connectivity index (χ1n) is 5.43. The van der Waals surface area contributed by atoms with Gasteiger partial charge in [0.25, 0.3) is 0 Å². The number of hydrogen-bond donors (Lipinski definition) is 4. The number of aromatic nitrogens is 1. The van der Waals surface area contributed by atoms with Gasteiger partial charge in [0.1, 0.15) is 0 Å². The molecule has 0 aromatic carbocycles. The highest BCUT2D eigenvalue weighted by Gasteiger charge is 2.17. The number of aromatic carboxylic acids is 1. The van der Waals surface area contributed by atoms with Crippen LogP contribution in [0.25, 0.3) is 0 Å². The Morgan fingerprint density at radius 1 is 1.42 bits per heavy atom. The van der Waals surface area contributed by atoms with Gasteiger partial charge in [-0.3, -0.25) is 9.59 Å². The zero-order chi connectivity index (χ0) is 14.3. The van der Waals surface area contributed by atoms with E-state index < -0.39 is 5.97 Å². The van der Waals surface area contributed by atoms with Gasteiger partial charge in [-0.25, -0.2) is 9.78 Å². The molecule has 19 heavy (non-hydrogen) atoms. The minimum Gasteiger partial charge on any atom is -0.476 e. The minimum absolute atomic E-state index is 0.0791. The standard InChI is InChI=1S/C10H14N4O4S/c1-6(16)13-10-14-8(9(17)18)7(19-10)4-11-2-3-12-5-15/h5,11H,2-4H2,1H3,(H,12,15)(H,17,18)(H,13,14,16). The molecule has 0 aliphatic rings. The van der Waals surface area contributed by atoms with E-state index in [1.54, 1.807) is 0 Å². The third kappa shape index (κ3) is 5.02. The van der Waals surface area contributed by atoms with Crippen molar-refractivity contribution in [2.24, 2.45) is 0 Å². The molecular weight excluding hydrogens is 272 g/mol. The largest absolute Gasteiger partial charge is 0.476 e. The van der Waals surface area contributed by atoms with Crippen molar-refractivity contribution in [2.45, 2.75) is 13.5 Å². The average Bonchev–Trinajstić information content (AvgIpc) is 2.71. The maximum atomic E-state index is 11.0. The Hall–Kier alpha value is -2.00. The minimum atomic E-state index is -1.14. The van der Waals surface area contributed by atoms with Crippen LogP contribution < -0.4 is 16.0 Å². The molecule has 1 heterocycles. The number of hydrogen-bond acceptors (Lipinski definition) is 6. The van der Waals surface area contributed by atoms with Crippen molar-refractivity contribution in [3.63, 3.8) is 0 Å². The van der Waals surface area contributed by atoms with E-state index in [0.29, 0.717) is 30.9 Å². The van der Waals surface area contributed by atoms with Gasteiger partial charge in [0, 0.05) is 26.6 Å². The Bertz CT molecular complexity index is 474. The molecule has 4 N–H and O–H groups in total. The maximum Gasteiger partial charge on any atom is 0.355 e. The van der Waals surface area contributed by atoms with Gasteiger partial charge in [-0.1, -0.05) is 11.3 Å². The van der Waals surface area contributed by atoms with Crippen LogP contribution in [0.15, 0.2) is 0 Å². The molecular formula is C10H14N4O4S. The summed E-state index contributed by atoms with van der Waals surface area (Å²) >= 11 is 1.10. The van der Waals surface area contributed by atoms with E-state index >= 15 is 0 Å². The fourth-order valence-corrected chi connectivity index (χ4v) is 2.23. The molecule has 9 heteroatoms. The molecule has 0 aliphatic carbocycles. The lowest BCUT2D eigenvalue weighted by molar-refractivity contribution is -0.114. The van der Waals surface area contributed by atoms with E-state index in [9.17, 15) is 14.4 Å². The third-order valence-corrected chi connectivity index (χ3v) is 2.97. The quantitative estimate of drug-likeness (QED) is 0.382. The number of nitrogens with zero attached hydrogens (tertiary/aromatic N) is 1. The van der Waals surface area contributed by atoms with Crippen molar-refractivity contribution in [2.75, 3.05) is 18.4 Å². The van der Waals surface area contributed by atoms with Crippen LogP contribution >= 0.6 is 11.3 Å². The highest BCUT2D eigenvalue weighted by molar-refractivity contribution is 7.16. The second-order valence-electron chi connectivity index (χ2n) is 3.53. The van der Waals surface area contributed by atoms with Crippen LogP contribution in [-0.2, 0) is 16.1 Å². The molecule has 0 saturated carbocycles. The molecule has 1 aromatic heterocycles. The zero-order valence-electron chi connectivity index (χ0n) is 10.2. The zero-order valence-corrected chi connectivity index (χ0v) is 11.0. The molecule has 1 rings (SSSR count). The summed E-state index contributed by atoms with van der Waals surface area (Å²) in [4.78, 5) is 36.3. The lowest BCUT2D eigenvalue weighted by atomic mass is 10.3. The van der Waals surface area contributed by atoms with Gasteiger partial charge in [-0.2, -0.15) is 0 Å². The number of nitrogens with one attached hydrogen (secondary N) is 3. The van der Waals surface area contributed by atoms with Gasteiger partial charge in [0.15, 0.2) is 10.8 Å². The molecule has 0 unspecified atom stereocenters. The van der Waals surface area contributed by atoms with Crippen molar-refractivity contribution in [3.05, 3.63) is 10.6 Å². The van der Waals surface area contributed by atoms with Crippen molar-refractivity contribution >= 4 is 34.8 Å². The summed E-state index contributed by atoms with van der Waals surface area (Å²) in [5, 5.41) is 17.2. The molecule has 0 spiro atoms. The number of thiazole rings is 1. The molecule has 0 radical (unpaired) electrons. The molecule has 1 aromatic rings. The maximum absolute atomic E-state index is 11.0. The highest BCUT2D eigenvalue weighted by atomic mass is 32.1. The fourth-order valence-electron chi connectivity index (χ4n) is 1.26. The molecule has 104 valence electrons. The van der Waals surface area contributed by atoms with Crippen molar-refractivity contribution in [1.82, 2.24) is 15.6 Å². The van der Waals surface area contributed by atoms with Crippen LogP contribution in [0.2, 0.25) is 0 Å². The highest BCUT2D eigenvalue weighted by Crippen LogP contribution is 2.23. The monoisotopic (exact) mass is 286 g/mol. The predicted octanol–water partition coefficient (Wildman–Crippen LogP) is -0.365. The van der Waals surface area contributed by atoms with Gasteiger partial charge in [-0.15, -0.1) is 0 Å². The van der Waals surface area contributed by atoms with Crippen LogP contribution in [0.4, 0.5) is 5.13 Å². The van der Waals surface area contributed by atoms with E-state index in [1.165, 1.54) is 6.92 Å². The fraction of sp³-hybridized carbons (Fsp3) is 0.400. The SMILES string of the molecule is CC(=O)Nc1nc(C(=O)O)c(CNCCNC=O)s1. The number of carboxylic acid groups (broad SMARTS) is 1. The molecule has 0 aliphatic heterocycles. The van der Waals surface area contributed by atoms with Gasteiger partial charge in [0.05, 0.1) is 4.88 Å². The summed E-state index contributed by atoms with van der Waals surface area (Å²) < 4.78 is 0. The van der Waals surface area contributed by atoms with Crippen LogP contribution in [0, 0.1) is 0 Å². The van der Waals surface area contributed by atoms with Crippen molar-refractivity contribution in [3.8, 4) is 0 Å². The smallest absolute Gasteiger partial charge is 0.355 e. The van der Waals surface area contributed by atoms with E-state index in [2.05, 4.69) is 20.9 Å².